The minimum Gasteiger partial charge on any atom is -0.387 e. The van der Waals surface area contributed by atoms with Crippen LogP contribution in [0.25, 0.3) is 0 Å². The van der Waals surface area contributed by atoms with E-state index in [1.54, 1.807) is 13.2 Å². The lowest BCUT2D eigenvalue weighted by Gasteiger charge is -2.38. The van der Waals surface area contributed by atoms with Crippen molar-refractivity contribution in [1.82, 2.24) is 20.2 Å². The van der Waals surface area contributed by atoms with Crippen molar-refractivity contribution in [3.8, 4) is 0 Å². The van der Waals surface area contributed by atoms with Gasteiger partial charge in [0.1, 0.15) is 18.0 Å². The van der Waals surface area contributed by atoms with Crippen LogP contribution in [0.2, 0.25) is 5.02 Å². The summed E-state index contributed by atoms with van der Waals surface area (Å²) >= 11 is 5.94. The Morgan fingerprint density at radius 3 is 2.59 bits per heavy atom. The van der Waals surface area contributed by atoms with Gasteiger partial charge >= 0.3 is 0 Å². The van der Waals surface area contributed by atoms with Gasteiger partial charge in [0.05, 0.1) is 28.8 Å². The molecular weight excluding hydrogens is 521 g/mol. The van der Waals surface area contributed by atoms with Gasteiger partial charge in [0.2, 0.25) is 5.91 Å². The summed E-state index contributed by atoms with van der Waals surface area (Å²) in [5.41, 5.74) is 2.37. The highest BCUT2D eigenvalue weighted by Gasteiger charge is 2.35. The van der Waals surface area contributed by atoms with Crippen LogP contribution in [0, 0.1) is 5.82 Å². The minimum absolute atomic E-state index is 0. The molecule has 3 aliphatic rings. The second kappa shape index (κ2) is 12.9. The molecule has 1 amide bonds. The van der Waals surface area contributed by atoms with Gasteiger partial charge in [0, 0.05) is 51.4 Å². The van der Waals surface area contributed by atoms with E-state index < -0.39 is 17.8 Å². The number of aromatic nitrogens is 2. The number of nitrogens with one attached hydrogen (secondary N) is 1. The second-order valence-electron chi connectivity index (χ2n) is 10.8. The number of hydrogen-bond donors (Lipinski definition) is 2. The number of methoxy groups -OCH3 is 1. The van der Waals surface area contributed by atoms with Crippen molar-refractivity contribution in [2.24, 2.45) is 0 Å². The molecule has 39 heavy (non-hydrogen) atoms. The van der Waals surface area contributed by atoms with Crippen molar-refractivity contribution < 1.29 is 19.0 Å². The lowest BCUT2D eigenvalue weighted by molar-refractivity contribution is -0.133. The van der Waals surface area contributed by atoms with E-state index in [0.29, 0.717) is 56.9 Å². The Hall–Kier alpha value is -2.33. The fourth-order valence-corrected chi connectivity index (χ4v) is 6.29. The van der Waals surface area contributed by atoms with Crippen LogP contribution in [-0.4, -0.2) is 77.9 Å². The van der Waals surface area contributed by atoms with Gasteiger partial charge in [-0.2, -0.15) is 0 Å². The minimum atomic E-state index is -0.554. The van der Waals surface area contributed by atoms with Crippen molar-refractivity contribution in [3.63, 3.8) is 0 Å². The summed E-state index contributed by atoms with van der Waals surface area (Å²) in [7, 11) is 1.75. The highest BCUT2D eigenvalue weighted by molar-refractivity contribution is 6.30. The van der Waals surface area contributed by atoms with Crippen molar-refractivity contribution in [2.75, 3.05) is 44.7 Å². The number of nitrogens with zero attached hydrogens (tertiary/aromatic N) is 4. The number of hydrogen-bond acceptors (Lipinski definition) is 7. The van der Waals surface area contributed by atoms with Gasteiger partial charge < -0.3 is 25.0 Å². The summed E-state index contributed by atoms with van der Waals surface area (Å²) in [6, 6.07) is 4.98. The molecule has 0 bridgehead atoms. The highest BCUT2D eigenvalue weighted by atomic mass is 35.5. The number of benzene rings is 1. The van der Waals surface area contributed by atoms with Gasteiger partial charge in [-0.1, -0.05) is 32.0 Å². The lowest BCUT2D eigenvalue weighted by atomic mass is 9.91. The van der Waals surface area contributed by atoms with E-state index in [0.717, 1.165) is 42.8 Å². The molecule has 2 heterocycles. The SMILES string of the molecule is C.COC1CCC(NC[C@@H](C(=O)N2CCN(c3ncnc4c3[C@H](C)C[C@H]4O)CC2)c2ccc(Cl)c(F)c2)CC1. The standard InChI is InChI=1S/C28H37ClFN5O3.CH4/c1-17-13-24(36)26-25(17)27(33-16-32-26)34-9-11-35(12-10-34)28(37)21(18-3-8-22(29)23(30)14-18)15-31-19-4-6-20(38-2)7-5-19;/h3,8,14,16-17,19-21,24,31,36H,4-7,9-13,15H2,1-2H3;1H4/t17-,19?,20?,21-,24-;/m1./s1. The van der Waals surface area contributed by atoms with Gasteiger partial charge in [-0.15, -0.1) is 0 Å². The van der Waals surface area contributed by atoms with E-state index in [9.17, 15) is 14.3 Å². The van der Waals surface area contributed by atoms with E-state index >= 15 is 0 Å². The molecule has 1 aromatic heterocycles. The number of amides is 1. The molecule has 2 N–H and O–H groups in total. The zero-order chi connectivity index (χ0) is 26.8. The summed E-state index contributed by atoms with van der Waals surface area (Å²) in [4.78, 5) is 26.7. The maximum absolute atomic E-state index is 14.4. The van der Waals surface area contributed by atoms with E-state index in [-0.39, 0.29) is 24.3 Å². The number of carbonyl (C=O) groups excluding carboxylic acids is 1. The second-order valence-corrected chi connectivity index (χ2v) is 11.2. The van der Waals surface area contributed by atoms with E-state index in [1.165, 1.54) is 18.5 Å². The quantitative estimate of drug-likeness (QED) is 0.517. The molecular formula is C29H41ClFN5O3. The van der Waals surface area contributed by atoms with Crippen LogP contribution in [0.4, 0.5) is 10.2 Å². The van der Waals surface area contributed by atoms with Gasteiger partial charge in [0.25, 0.3) is 0 Å². The molecule has 2 aromatic rings. The van der Waals surface area contributed by atoms with Gasteiger partial charge in [-0.05, 0) is 55.7 Å². The molecule has 10 heteroatoms. The molecule has 8 nitrogen and oxygen atoms in total. The molecule has 214 valence electrons. The average Bonchev–Trinajstić information content (AvgIpc) is 3.24. The van der Waals surface area contributed by atoms with Crippen LogP contribution in [0.3, 0.4) is 0 Å². The number of carbonyl (C=O) groups is 1. The summed E-state index contributed by atoms with van der Waals surface area (Å²) in [6.45, 7) is 4.88. The van der Waals surface area contributed by atoms with Gasteiger partial charge in [-0.25, -0.2) is 14.4 Å². The number of halogens is 2. The molecule has 5 rings (SSSR count). The molecule has 1 saturated carbocycles. The molecule has 2 aliphatic carbocycles. The fourth-order valence-electron chi connectivity index (χ4n) is 6.18. The van der Waals surface area contributed by atoms with Crippen LogP contribution >= 0.6 is 11.6 Å². The lowest BCUT2D eigenvalue weighted by Crippen LogP contribution is -2.51. The number of fused-ring (bicyclic) bond motifs is 1. The third-order valence-corrected chi connectivity index (χ3v) is 8.74. The highest BCUT2D eigenvalue weighted by Crippen LogP contribution is 2.42. The zero-order valence-electron chi connectivity index (χ0n) is 22.1. The van der Waals surface area contributed by atoms with Crippen LogP contribution in [0.15, 0.2) is 24.5 Å². The Morgan fingerprint density at radius 2 is 1.92 bits per heavy atom. The Morgan fingerprint density at radius 1 is 1.21 bits per heavy atom. The predicted molar refractivity (Wildman–Crippen MR) is 151 cm³/mol. The molecule has 0 spiro atoms. The fraction of sp³-hybridized carbons (Fsp3) is 0.621. The maximum atomic E-state index is 14.4. The number of aliphatic hydroxyl groups is 1. The zero-order valence-corrected chi connectivity index (χ0v) is 22.8. The first kappa shape index (κ1) is 29.6. The van der Waals surface area contributed by atoms with Crippen LogP contribution in [0.1, 0.15) is 81.2 Å². The third-order valence-electron chi connectivity index (χ3n) is 8.43. The van der Waals surface area contributed by atoms with E-state index in [2.05, 4.69) is 27.1 Å². The van der Waals surface area contributed by atoms with Crippen LogP contribution in [0.5, 0.6) is 0 Å². The smallest absolute Gasteiger partial charge is 0.231 e. The molecule has 3 atom stereocenters. The number of ether oxygens (including phenoxy) is 1. The number of anilines is 1. The molecule has 0 radical (unpaired) electrons. The summed E-state index contributed by atoms with van der Waals surface area (Å²) in [5.74, 6) is 0.00951. The topological polar surface area (TPSA) is 90.8 Å². The summed E-state index contributed by atoms with van der Waals surface area (Å²) < 4.78 is 19.9. The molecule has 0 unspecified atom stereocenters. The van der Waals surface area contributed by atoms with Crippen molar-refractivity contribution in [2.45, 2.75) is 76.5 Å². The molecule has 1 aromatic carbocycles. The molecule has 1 aliphatic heterocycles. The first-order valence-corrected chi connectivity index (χ1v) is 14.0. The maximum Gasteiger partial charge on any atom is 0.231 e. The first-order chi connectivity index (χ1) is 18.4. The van der Waals surface area contributed by atoms with Gasteiger partial charge in [0.15, 0.2) is 0 Å². The van der Waals surface area contributed by atoms with Crippen molar-refractivity contribution in [1.29, 1.82) is 0 Å². The van der Waals surface area contributed by atoms with E-state index in [4.69, 9.17) is 16.3 Å². The summed E-state index contributed by atoms with van der Waals surface area (Å²) in [5, 5.41) is 14.0. The van der Waals surface area contributed by atoms with Crippen LogP contribution < -0.4 is 10.2 Å². The van der Waals surface area contributed by atoms with Crippen LogP contribution in [-0.2, 0) is 9.53 Å². The Labute approximate surface area is 235 Å². The Kier molecular flexibility index (Phi) is 9.80. The largest absolute Gasteiger partial charge is 0.387 e. The molecule has 1 saturated heterocycles. The predicted octanol–water partition coefficient (Wildman–Crippen LogP) is 4.43. The number of piperazine rings is 1. The normalized spacial score (nSPS) is 25.7. The third kappa shape index (κ3) is 6.37. The Balaban J connectivity index is 0.00000353. The molecule has 2 fully saturated rings. The number of rotatable bonds is 7. The summed E-state index contributed by atoms with van der Waals surface area (Å²) in [6.07, 6.45) is 5.88. The first-order valence-electron chi connectivity index (χ1n) is 13.6. The Bertz CT molecular complexity index is 1140. The van der Waals surface area contributed by atoms with Crippen molar-refractivity contribution in [3.05, 3.63) is 52.2 Å². The van der Waals surface area contributed by atoms with E-state index in [1.807, 2.05) is 4.90 Å². The average molecular weight is 562 g/mol. The monoisotopic (exact) mass is 561 g/mol. The number of aliphatic hydroxyl groups excluding tert-OH is 1. The van der Waals surface area contributed by atoms with Crippen molar-refractivity contribution >= 4 is 23.3 Å². The van der Waals surface area contributed by atoms with Gasteiger partial charge in [-0.3, -0.25) is 4.79 Å².